The highest BCUT2D eigenvalue weighted by molar-refractivity contribution is 9.10. The van der Waals surface area contributed by atoms with E-state index >= 15 is 0 Å². The van der Waals surface area contributed by atoms with Crippen LogP contribution >= 0.6 is 15.9 Å². The van der Waals surface area contributed by atoms with Gasteiger partial charge in [0.1, 0.15) is 5.56 Å². The van der Waals surface area contributed by atoms with Gasteiger partial charge in [-0.3, -0.25) is 14.2 Å². The Balaban J connectivity index is 2.63. The summed E-state index contributed by atoms with van der Waals surface area (Å²) >= 11 is 3.07. The normalized spacial score (nSPS) is 10.6. The van der Waals surface area contributed by atoms with Crippen molar-refractivity contribution in [2.45, 2.75) is 0 Å². The monoisotopic (exact) mass is 312 g/mol. The second kappa shape index (κ2) is 4.41. The molecule has 2 aromatic rings. The molecule has 0 saturated heterocycles. The summed E-state index contributed by atoms with van der Waals surface area (Å²) in [5.74, 6) is -0.519. The van der Waals surface area contributed by atoms with Gasteiger partial charge < -0.3 is 8.98 Å². The summed E-state index contributed by atoms with van der Waals surface area (Å²) in [6.07, 6.45) is 1.21. The Morgan fingerprint density at radius 3 is 2.50 bits per heavy atom. The molecule has 0 aliphatic rings. The lowest BCUT2D eigenvalue weighted by Crippen LogP contribution is -2.39. The number of nitrogens with zero attached hydrogens (tertiary/aromatic N) is 2. The van der Waals surface area contributed by atoms with Gasteiger partial charge in [0, 0.05) is 20.3 Å². The zero-order chi connectivity index (χ0) is 13.4. The molecular weight excluding hydrogens is 304 g/mol. The number of aryl methyl sites for hydroxylation is 1. The highest BCUT2D eigenvalue weighted by Gasteiger charge is 2.19. The maximum absolute atomic E-state index is 12.1. The maximum Gasteiger partial charge on any atom is 0.330 e. The van der Waals surface area contributed by atoms with Gasteiger partial charge in [0.25, 0.3) is 5.56 Å². The second-order valence-electron chi connectivity index (χ2n) is 3.73. The molecular formula is C11H9BrN2O4. The lowest BCUT2D eigenvalue weighted by Gasteiger charge is -2.04. The van der Waals surface area contributed by atoms with Crippen molar-refractivity contribution in [3.05, 3.63) is 55.2 Å². The molecule has 0 aliphatic carbocycles. The Hall–Kier alpha value is -1.89. The van der Waals surface area contributed by atoms with Crippen molar-refractivity contribution in [3.63, 3.8) is 0 Å². The van der Waals surface area contributed by atoms with Crippen LogP contribution in [0.2, 0.25) is 0 Å². The van der Waals surface area contributed by atoms with E-state index in [0.29, 0.717) is 4.67 Å². The molecule has 0 bridgehead atoms. The van der Waals surface area contributed by atoms with E-state index in [9.17, 15) is 14.4 Å². The van der Waals surface area contributed by atoms with Crippen LogP contribution in [0.5, 0.6) is 0 Å². The molecule has 0 saturated carbocycles. The fraction of sp³-hybridized carbons (Fsp3) is 0.182. The van der Waals surface area contributed by atoms with Gasteiger partial charge in [0.15, 0.2) is 10.4 Å². The van der Waals surface area contributed by atoms with Gasteiger partial charge in [-0.1, -0.05) is 0 Å². The van der Waals surface area contributed by atoms with Crippen LogP contribution < -0.4 is 11.2 Å². The third kappa shape index (κ3) is 1.97. The minimum atomic E-state index is -0.643. The number of aromatic nitrogens is 2. The summed E-state index contributed by atoms with van der Waals surface area (Å²) in [6, 6.07) is 3.01. The fourth-order valence-corrected chi connectivity index (χ4v) is 1.84. The molecule has 0 fully saturated rings. The molecule has 6 nitrogen and oxygen atoms in total. The molecule has 0 atom stereocenters. The highest BCUT2D eigenvalue weighted by Crippen LogP contribution is 2.16. The topological polar surface area (TPSA) is 74.2 Å². The quantitative estimate of drug-likeness (QED) is 0.764. The Morgan fingerprint density at radius 1 is 1.28 bits per heavy atom. The standard InChI is InChI=1S/C11H9BrN2O4/c1-13-5-6(10(16)14(2)11(13)17)9(15)7-3-4-8(12)18-7/h3-5H,1-2H3. The van der Waals surface area contributed by atoms with E-state index in [4.69, 9.17) is 4.42 Å². The fourth-order valence-electron chi connectivity index (χ4n) is 1.53. The SMILES string of the molecule is Cn1cc(C(=O)c2ccc(Br)o2)c(=O)n(C)c1=O. The Morgan fingerprint density at radius 2 is 1.94 bits per heavy atom. The van der Waals surface area contributed by atoms with Crippen LogP contribution in [-0.2, 0) is 14.1 Å². The number of ketones is 1. The lowest BCUT2D eigenvalue weighted by molar-refractivity contribution is 0.100. The molecule has 2 heterocycles. The third-order valence-corrected chi connectivity index (χ3v) is 2.91. The minimum absolute atomic E-state index is 0.0395. The Labute approximate surface area is 110 Å². The summed E-state index contributed by atoms with van der Waals surface area (Å²) in [6.45, 7) is 0. The van der Waals surface area contributed by atoms with Gasteiger partial charge in [-0.05, 0) is 28.1 Å². The van der Waals surface area contributed by atoms with E-state index in [-0.39, 0.29) is 11.3 Å². The maximum atomic E-state index is 12.1. The van der Waals surface area contributed by atoms with Crippen LogP contribution in [0.3, 0.4) is 0 Å². The van der Waals surface area contributed by atoms with Crippen LogP contribution in [-0.4, -0.2) is 14.9 Å². The van der Waals surface area contributed by atoms with Crippen molar-refractivity contribution in [2.75, 3.05) is 0 Å². The zero-order valence-electron chi connectivity index (χ0n) is 9.64. The average Bonchev–Trinajstić information content (AvgIpc) is 2.77. The minimum Gasteiger partial charge on any atom is -0.446 e. The van der Waals surface area contributed by atoms with Crippen molar-refractivity contribution in [2.24, 2.45) is 14.1 Å². The number of halogens is 1. The van der Waals surface area contributed by atoms with Gasteiger partial charge in [0.05, 0.1) is 0 Å². The summed E-state index contributed by atoms with van der Waals surface area (Å²) in [7, 11) is 2.79. The molecule has 0 aliphatic heterocycles. The third-order valence-electron chi connectivity index (χ3n) is 2.49. The van der Waals surface area contributed by atoms with Crippen LogP contribution in [0.15, 0.2) is 37.0 Å². The summed E-state index contributed by atoms with van der Waals surface area (Å²) in [4.78, 5) is 35.4. The van der Waals surface area contributed by atoms with Crippen LogP contribution in [0.1, 0.15) is 16.1 Å². The summed E-state index contributed by atoms with van der Waals surface area (Å²) < 4.78 is 7.55. The molecule has 0 amide bonds. The van der Waals surface area contributed by atoms with E-state index in [1.807, 2.05) is 0 Å². The molecule has 0 N–H and O–H groups in total. The molecule has 2 rings (SSSR count). The van der Waals surface area contributed by atoms with Crippen molar-refractivity contribution >= 4 is 21.7 Å². The first-order valence-electron chi connectivity index (χ1n) is 4.98. The number of furan rings is 1. The molecule has 0 spiro atoms. The van der Waals surface area contributed by atoms with Crippen molar-refractivity contribution in [3.8, 4) is 0 Å². The molecule has 0 radical (unpaired) electrons. The predicted octanol–water partition coefficient (Wildman–Crippen LogP) is 0.670. The van der Waals surface area contributed by atoms with E-state index in [1.54, 1.807) is 6.07 Å². The van der Waals surface area contributed by atoms with Gasteiger partial charge in [-0.15, -0.1) is 0 Å². The molecule has 18 heavy (non-hydrogen) atoms. The lowest BCUT2D eigenvalue weighted by atomic mass is 10.2. The summed E-state index contributed by atoms with van der Waals surface area (Å²) in [5.41, 5.74) is -1.24. The molecule has 94 valence electrons. The van der Waals surface area contributed by atoms with Crippen LogP contribution in [0.25, 0.3) is 0 Å². The Kier molecular flexibility index (Phi) is 3.08. The number of hydrogen-bond donors (Lipinski definition) is 0. The molecule has 0 unspecified atom stereocenters. The first-order chi connectivity index (χ1) is 8.41. The highest BCUT2D eigenvalue weighted by atomic mass is 79.9. The van der Waals surface area contributed by atoms with E-state index in [2.05, 4.69) is 15.9 Å². The number of carbonyl (C=O) groups is 1. The first-order valence-corrected chi connectivity index (χ1v) is 5.78. The molecule has 7 heteroatoms. The largest absolute Gasteiger partial charge is 0.446 e. The number of rotatable bonds is 2. The molecule has 2 aromatic heterocycles. The van der Waals surface area contributed by atoms with Gasteiger partial charge in [0.2, 0.25) is 5.78 Å². The first kappa shape index (κ1) is 12.6. The van der Waals surface area contributed by atoms with Gasteiger partial charge in [-0.2, -0.15) is 0 Å². The number of hydrogen-bond acceptors (Lipinski definition) is 4. The van der Waals surface area contributed by atoms with Crippen molar-refractivity contribution in [1.82, 2.24) is 9.13 Å². The van der Waals surface area contributed by atoms with Crippen LogP contribution in [0.4, 0.5) is 0 Å². The summed E-state index contributed by atoms with van der Waals surface area (Å²) in [5, 5.41) is 0. The second-order valence-corrected chi connectivity index (χ2v) is 4.51. The molecule has 0 aromatic carbocycles. The van der Waals surface area contributed by atoms with Gasteiger partial charge >= 0.3 is 5.69 Å². The zero-order valence-corrected chi connectivity index (χ0v) is 11.2. The van der Waals surface area contributed by atoms with Crippen molar-refractivity contribution in [1.29, 1.82) is 0 Å². The van der Waals surface area contributed by atoms with E-state index < -0.39 is 17.0 Å². The smallest absolute Gasteiger partial charge is 0.330 e. The predicted molar refractivity (Wildman–Crippen MR) is 66.8 cm³/mol. The average molecular weight is 313 g/mol. The van der Waals surface area contributed by atoms with Crippen LogP contribution in [0, 0.1) is 0 Å². The van der Waals surface area contributed by atoms with Gasteiger partial charge in [-0.25, -0.2) is 4.79 Å². The van der Waals surface area contributed by atoms with E-state index in [0.717, 1.165) is 4.57 Å². The Bertz CT molecular complexity index is 738. The van der Waals surface area contributed by atoms with E-state index in [1.165, 1.54) is 30.9 Å². The number of carbonyl (C=O) groups excluding carboxylic acids is 1. The van der Waals surface area contributed by atoms with Crippen molar-refractivity contribution < 1.29 is 9.21 Å².